The van der Waals surface area contributed by atoms with Crippen molar-refractivity contribution in [2.75, 3.05) is 6.61 Å². The molecular formula is C24H27ClO4. The fourth-order valence-corrected chi connectivity index (χ4v) is 4.41. The number of hydrogen-bond acceptors (Lipinski definition) is 3. The quantitative estimate of drug-likeness (QED) is 0.564. The number of halogens is 1. The molecule has 29 heavy (non-hydrogen) atoms. The number of ether oxygens (including phenoxy) is 2. The summed E-state index contributed by atoms with van der Waals surface area (Å²) in [4.78, 5) is 11.5. The van der Waals surface area contributed by atoms with E-state index >= 15 is 0 Å². The van der Waals surface area contributed by atoms with Crippen molar-refractivity contribution >= 4 is 17.6 Å². The predicted molar refractivity (Wildman–Crippen MR) is 113 cm³/mol. The van der Waals surface area contributed by atoms with Gasteiger partial charge in [0.25, 0.3) is 0 Å². The molecule has 0 saturated heterocycles. The maximum Gasteiger partial charge on any atom is 0.306 e. The highest BCUT2D eigenvalue weighted by Crippen LogP contribution is 2.47. The Hall–Kier alpha value is -2.20. The van der Waals surface area contributed by atoms with Crippen molar-refractivity contribution in [3.8, 4) is 11.5 Å². The number of para-hydroxylation sites is 1. The number of benzene rings is 2. The van der Waals surface area contributed by atoms with Gasteiger partial charge in [0.1, 0.15) is 11.5 Å². The van der Waals surface area contributed by atoms with Gasteiger partial charge in [0.05, 0.1) is 23.7 Å². The summed E-state index contributed by atoms with van der Waals surface area (Å²) in [5, 5.41) is 10.1. The molecule has 154 valence electrons. The van der Waals surface area contributed by atoms with Crippen molar-refractivity contribution < 1.29 is 19.4 Å². The lowest BCUT2D eigenvalue weighted by Gasteiger charge is -2.35. The van der Waals surface area contributed by atoms with E-state index in [2.05, 4.69) is 0 Å². The van der Waals surface area contributed by atoms with E-state index in [0.29, 0.717) is 23.5 Å². The van der Waals surface area contributed by atoms with E-state index in [-0.39, 0.29) is 17.9 Å². The third-order valence-electron chi connectivity index (χ3n) is 6.11. The van der Waals surface area contributed by atoms with Crippen LogP contribution in [0.15, 0.2) is 48.5 Å². The topological polar surface area (TPSA) is 55.8 Å². The summed E-state index contributed by atoms with van der Waals surface area (Å²) >= 11 is 6.15. The van der Waals surface area contributed by atoms with Gasteiger partial charge in [0.2, 0.25) is 0 Å². The number of carboxylic acids is 1. The van der Waals surface area contributed by atoms with E-state index < -0.39 is 5.97 Å². The first kappa shape index (κ1) is 20.1. The molecule has 1 unspecified atom stereocenters. The van der Waals surface area contributed by atoms with Gasteiger partial charge in [-0.1, -0.05) is 42.8 Å². The first-order valence-corrected chi connectivity index (χ1v) is 10.8. The van der Waals surface area contributed by atoms with Crippen molar-refractivity contribution in [1.29, 1.82) is 0 Å². The van der Waals surface area contributed by atoms with Gasteiger partial charge < -0.3 is 14.6 Å². The summed E-state index contributed by atoms with van der Waals surface area (Å²) < 4.78 is 12.0. The third kappa shape index (κ3) is 4.87. The van der Waals surface area contributed by atoms with Crippen LogP contribution < -0.4 is 9.47 Å². The van der Waals surface area contributed by atoms with Crippen LogP contribution >= 0.6 is 11.6 Å². The Labute approximate surface area is 176 Å². The largest absolute Gasteiger partial charge is 0.493 e. The minimum atomic E-state index is -0.729. The minimum Gasteiger partial charge on any atom is -0.493 e. The Morgan fingerprint density at radius 1 is 1.17 bits per heavy atom. The highest BCUT2D eigenvalue weighted by molar-refractivity contribution is 6.32. The van der Waals surface area contributed by atoms with E-state index in [1.165, 1.54) is 0 Å². The summed E-state index contributed by atoms with van der Waals surface area (Å²) in [7, 11) is 0. The van der Waals surface area contributed by atoms with Gasteiger partial charge >= 0.3 is 5.97 Å². The predicted octanol–water partition coefficient (Wildman–Crippen LogP) is 5.79. The maximum atomic E-state index is 11.5. The van der Waals surface area contributed by atoms with Gasteiger partial charge in [-0.25, -0.2) is 0 Å². The molecule has 2 fully saturated rings. The van der Waals surface area contributed by atoms with Crippen LogP contribution in [0.3, 0.4) is 0 Å². The smallest absolute Gasteiger partial charge is 0.306 e. The molecule has 2 aromatic carbocycles. The zero-order valence-electron chi connectivity index (χ0n) is 16.6. The van der Waals surface area contributed by atoms with Crippen LogP contribution in [0.2, 0.25) is 5.02 Å². The van der Waals surface area contributed by atoms with Crippen LogP contribution in [0.25, 0.3) is 0 Å². The van der Waals surface area contributed by atoms with Crippen LogP contribution in [0.1, 0.15) is 44.1 Å². The SMILES string of the molecule is C[C@H](C(=O)O)C(c1cccc(OCC2CC(Oc3ccccc3Cl)C2)c1)C1CC1. The highest BCUT2D eigenvalue weighted by atomic mass is 35.5. The lowest BCUT2D eigenvalue weighted by Crippen LogP contribution is -2.37. The van der Waals surface area contributed by atoms with E-state index in [9.17, 15) is 9.90 Å². The second-order valence-corrected chi connectivity index (χ2v) is 8.79. The van der Waals surface area contributed by atoms with Crippen molar-refractivity contribution in [3.05, 3.63) is 59.1 Å². The van der Waals surface area contributed by atoms with Crippen molar-refractivity contribution in [2.45, 2.75) is 44.6 Å². The maximum absolute atomic E-state index is 11.5. The first-order valence-electron chi connectivity index (χ1n) is 10.4. The molecule has 0 heterocycles. The molecule has 2 aliphatic carbocycles. The molecule has 0 aliphatic heterocycles. The van der Waals surface area contributed by atoms with Gasteiger partial charge in [-0.05, 0) is 73.3 Å². The van der Waals surface area contributed by atoms with Gasteiger partial charge in [-0.3, -0.25) is 4.79 Å². The zero-order valence-corrected chi connectivity index (χ0v) is 17.3. The minimum absolute atomic E-state index is 0.0631. The molecule has 2 aliphatic rings. The Kier molecular flexibility index (Phi) is 6.00. The number of rotatable bonds is 9. The van der Waals surface area contributed by atoms with E-state index in [0.717, 1.165) is 42.7 Å². The highest BCUT2D eigenvalue weighted by Gasteiger charge is 2.38. The summed E-state index contributed by atoms with van der Waals surface area (Å²) in [5.41, 5.74) is 1.08. The Balaban J connectivity index is 1.29. The van der Waals surface area contributed by atoms with Crippen LogP contribution in [-0.4, -0.2) is 23.8 Å². The molecule has 1 N–H and O–H groups in total. The molecule has 0 bridgehead atoms. The molecule has 5 heteroatoms. The summed E-state index contributed by atoms with van der Waals surface area (Å²) in [5.74, 6) is 1.45. The molecule has 4 rings (SSSR count). The van der Waals surface area contributed by atoms with E-state index in [1.807, 2.05) is 55.5 Å². The van der Waals surface area contributed by atoms with Gasteiger partial charge in [0, 0.05) is 0 Å². The molecule has 0 amide bonds. The summed E-state index contributed by atoms with van der Waals surface area (Å²) in [6.45, 7) is 2.46. The lowest BCUT2D eigenvalue weighted by atomic mass is 9.82. The molecular weight excluding hydrogens is 388 g/mol. The Morgan fingerprint density at radius 2 is 1.93 bits per heavy atom. The number of carboxylic acid groups (broad SMARTS) is 1. The number of hydrogen-bond donors (Lipinski definition) is 1. The van der Waals surface area contributed by atoms with E-state index in [4.69, 9.17) is 21.1 Å². The molecule has 0 aromatic heterocycles. The van der Waals surface area contributed by atoms with Crippen molar-refractivity contribution in [3.63, 3.8) is 0 Å². The van der Waals surface area contributed by atoms with E-state index in [1.54, 1.807) is 0 Å². The van der Waals surface area contributed by atoms with Crippen molar-refractivity contribution in [2.24, 2.45) is 17.8 Å². The zero-order chi connectivity index (χ0) is 20.4. The molecule has 4 nitrogen and oxygen atoms in total. The molecule has 2 saturated carbocycles. The summed E-state index contributed by atoms with van der Waals surface area (Å²) in [6.07, 6.45) is 4.31. The standard InChI is InChI=1S/C24H27ClO4/c1-15(24(26)27)23(17-9-10-17)18-5-4-6-19(13-18)28-14-16-11-20(12-16)29-22-8-3-2-7-21(22)25/h2-8,13,15-17,20,23H,9-12,14H2,1H3,(H,26,27)/t15-,16?,20?,23?/m0/s1. The fourth-order valence-electron chi connectivity index (χ4n) is 4.23. The number of aliphatic carboxylic acids is 1. The van der Waals surface area contributed by atoms with Crippen LogP contribution in [-0.2, 0) is 4.79 Å². The monoisotopic (exact) mass is 414 g/mol. The second-order valence-electron chi connectivity index (χ2n) is 8.38. The first-order chi connectivity index (χ1) is 14.0. The molecule has 2 atom stereocenters. The third-order valence-corrected chi connectivity index (χ3v) is 6.42. The Morgan fingerprint density at radius 3 is 2.62 bits per heavy atom. The Bertz CT molecular complexity index is 857. The van der Waals surface area contributed by atoms with Crippen LogP contribution in [0, 0.1) is 17.8 Å². The average Bonchev–Trinajstić information content (AvgIpc) is 3.50. The van der Waals surface area contributed by atoms with Crippen LogP contribution in [0.5, 0.6) is 11.5 Å². The second kappa shape index (κ2) is 8.66. The fraction of sp³-hybridized carbons (Fsp3) is 0.458. The lowest BCUT2D eigenvalue weighted by molar-refractivity contribution is -0.142. The van der Waals surface area contributed by atoms with Gasteiger partial charge in [-0.15, -0.1) is 0 Å². The number of carbonyl (C=O) groups is 1. The summed E-state index contributed by atoms with van der Waals surface area (Å²) in [6, 6.07) is 15.5. The molecule has 0 radical (unpaired) electrons. The normalized spacial score (nSPS) is 23.0. The molecule has 0 spiro atoms. The van der Waals surface area contributed by atoms with Crippen LogP contribution in [0.4, 0.5) is 0 Å². The molecule has 2 aromatic rings. The average molecular weight is 415 g/mol. The van der Waals surface area contributed by atoms with Gasteiger partial charge in [-0.2, -0.15) is 0 Å². The van der Waals surface area contributed by atoms with Gasteiger partial charge in [0.15, 0.2) is 0 Å². The van der Waals surface area contributed by atoms with Crippen molar-refractivity contribution in [1.82, 2.24) is 0 Å².